The molecule has 0 radical (unpaired) electrons. The first-order valence-electron chi connectivity index (χ1n) is 18.2. The average Bonchev–Trinajstić information content (AvgIpc) is 3.65. The fourth-order valence-corrected chi connectivity index (χ4v) is 10.8. The lowest BCUT2D eigenvalue weighted by Crippen LogP contribution is -2.62. The fraction of sp³-hybridized carbons (Fsp3) is 0.622. The number of sulfone groups is 1. The van der Waals surface area contributed by atoms with Crippen LogP contribution in [0.15, 0.2) is 56.5 Å². The molecule has 3 fully saturated rings. The van der Waals surface area contributed by atoms with E-state index in [1.165, 1.54) is 24.3 Å². The van der Waals surface area contributed by atoms with Crippen molar-refractivity contribution in [3.63, 3.8) is 0 Å². The Bertz CT molecular complexity index is 1900. The van der Waals surface area contributed by atoms with Crippen molar-refractivity contribution in [1.82, 2.24) is 5.16 Å². The predicted octanol–water partition coefficient (Wildman–Crippen LogP) is 2.21. The highest BCUT2D eigenvalue weighted by molar-refractivity contribution is 7.91. The molecule has 2 N–H and O–H groups in total. The minimum Gasteiger partial charge on any atom is -0.463 e. The maximum atomic E-state index is 13.5. The van der Waals surface area contributed by atoms with E-state index in [1.54, 1.807) is 12.1 Å². The number of carbonyl (C=O) groups is 4. The third kappa shape index (κ3) is 7.30. The molecule has 0 amide bonds. The summed E-state index contributed by atoms with van der Waals surface area (Å²) in [5.74, 6) is -2.59. The second-order valence-corrected chi connectivity index (χ2v) is 17.0. The number of esters is 2. The number of ether oxygens (including phenoxy) is 4. The molecule has 54 heavy (non-hydrogen) atoms. The van der Waals surface area contributed by atoms with Crippen LogP contribution in [0.25, 0.3) is 0 Å². The van der Waals surface area contributed by atoms with Crippen molar-refractivity contribution in [2.45, 2.75) is 93.3 Å². The second-order valence-electron chi connectivity index (χ2n) is 15.1. The van der Waals surface area contributed by atoms with Gasteiger partial charge in [-0.2, -0.15) is 0 Å². The van der Waals surface area contributed by atoms with E-state index < -0.39 is 62.2 Å². The monoisotopic (exact) mass is 774 g/mol. The van der Waals surface area contributed by atoms with E-state index in [2.05, 4.69) is 16.7 Å². The molecule has 0 saturated heterocycles. The second kappa shape index (κ2) is 15.5. The quantitative estimate of drug-likeness (QED) is 0.150. The van der Waals surface area contributed by atoms with Crippen molar-refractivity contribution in [2.75, 3.05) is 33.0 Å². The molecular weight excluding hydrogens is 728 g/mol. The summed E-state index contributed by atoms with van der Waals surface area (Å²) < 4.78 is 50.8. The van der Waals surface area contributed by atoms with Crippen LogP contribution in [0.2, 0.25) is 0 Å². The van der Waals surface area contributed by atoms with E-state index in [4.69, 9.17) is 18.9 Å². The predicted molar refractivity (Wildman–Crippen MR) is 183 cm³/mol. The zero-order valence-electron chi connectivity index (χ0n) is 30.3. The van der Waals surface area contributed by atoms with E-state index in [0.29, 0.717) is 19.3 Å². The molecule has 0 aliphatic heterocycles. The zero-order valence-corrected chi connectivity index (χ0v) is 31.1. The van der Waals surface area contributed by atoms with Gasteiger partial charge in [-0.1, -0.05) is 37.6 Å². The molecule has 4 unspecified atom stereocenters. The molecule has 16 nitrogen and oxygen atoms in total. The van der Waals surface area contributed by atoms with Gasteiger partial charge in [0.25, 0.3) is 9.84 Å². The van der Waals surface area contributed by atoms with Gasteiger partial charge in [-0.15, -0.1) is 0 Å². The standard InChI is InChI=1S/C37H46N2O14S/c1-35-14-12-24(40)20-23(35)8-9-26-27-13-15-37(45,36(27,2)21-28(41)32(26)35)29(42)22-52-31(44)11-10-30(43)50-18-16-49-17-19-51-33-34(39(46)53-38-33)54(47,48)25-6-4-3-5-7-25/h3-7,20,26-28,32,41,45H,8-19,21-22H2,1-2H3/t26?,27?,28?,32?,35-,36-,37-/m0/s1. The number of benzene rings is 1. The van der Waals surface area contributed by atoms with Gasteiger partial charge < -0.3 is 34.4 Å². The lowest BCUT2D eigenvalue weighted by Gasteiger charge is -2.60. The van der Waals surface area contributed by atoms with E-state index >= 15 is 0 Å². The minimum atomic E-state index is -4.27. The number of fused-ring (bicyclic) bond motifs is 5. The van der Waals surface area contributed by atoms with E-state index in [0.717, 1.165) is 18.4 Å². The summed E-state index contributed by atoms with van der Waals surface area (Å²) in [6.07, 6.45) is 3.96. The molecular formula is C37H46N2O14S. The Balaban J connectivity index is 0.894. The van der Waals surface area contributed by atoms with E-state index in [1.807, 2.05) is 6.92 Å². The van der Waals surface area contributed by atoms with Crippen LogP contribution in [0, 0.1) is 33.8 Å². The van der Waals surface area contributed by atoms with Gasteiger partial charge in [0.15, 0.2) is 12.4 Å². The van der Waals surface area contributed by atoms with Crippen molar-refractivity contribution >= 4 is 33.3 Å². The van der Waals surface area contributed by atoms with Crippen molar-refractivity contribution < 1.29 is 66.3 Å². The maximum Gasteiger partial charge on any atom is 0.415 e. The number of aliphatic hydroxyl groups is 2. The average molecular weight is 775 g/mol. The lowest BCUT2D eigenvalue weighted by atomic mass is 9.45. The number of allylic oxidation sites excluding steroid dienone is 1. The van der Waals surface area contributed by atoms with Crippen LogP contribution in [-0.2, 0) is 43.2 Å². The van der Waals surface area contributed by atoms with Crippen molar-refractivity contribution in [3.05, 3.63) is 47.2 Å². The summed E-state index contributed by atoms with van der Waals surface area (Å²) >= 11 is 0. The maximum absolute atomic E-state index is 13.5. The van der Waals surface area contributed by atoms with Gasteiger partial charge in [0.05, 0.1) is 42.2 Å². The Labute approximate surface area is 312 Å². The molecule has 4 aliphatic carbocycles. The Morgan fingerprint density at radius 1 is 1.00 bits per heavy atom. The largest absolute Gasteiger partial charge is 0.463 e. The number of carbonyl (C=O) groups excluding carboxylic acids is 4. The molecule has 1 heterocycles. The lowest BCUT2D eigenvalue weighted by molar-refractivity contribution is -0.832. The summed E-state index contributed by atoms with van der Waals surface area (Å²) in [4.78, 5) is 49.9. The smallest absolute Gasteiger partial charge is 0.415 e. The van der Waals surface area contributed by atoms with Crippen molar-refractivity contribution in [2.24, 2.45) is 28.6 Å². The number of hydrogen-bond acceptors (Lipinski definition) is 15. The molecule has 6 rings (SSSR count). The Hall–Kier alpha value is -4.19. The summed E-state index contributed by atoms with van der Waals surface area (Å²) in [6, 6.07) is 7.21. The zero-order chi connectivity index (χ0) is 38.9. The third-order valence-electron chi connectivity index (χ3n) is 12.2. The van der Waals surface area contributed by atoms with Crippen LogP contribution in [0.5, 0.6) is 5.88 Å². The van der Waals surface area contributed by atoms with Crippen molar-refractivity contribution in [1.29, 1.82) is 0 Å². The van der Waals surface area contributed by atoms with Crippen LogP contribution in [0.4, 0.5) is 0 Å². The summed E-state index contributed by atoms with van der Waals surface area (Å²) in [6.45, 7) is 2.80. The number of ketones is 2. The van der Waals surface area contributed by atoms with Crippen LogP contribution in [-0.4, -0.2) is 92.0 Å². The number of aromatic nitrogens is 2. The topological polar surface area (TPSA) is 233 Å². The number of nitrogens with zero attached hydrogens (tertiary/aromatic N) is 2. The first kappa shape index (κ1) is 39.5. The number of Topliss-reactive ketones (excluding diaryl/α,β-unsaturated/α-hetero) is 1. The van der Waals surface area contributed by atoms with Gasteiger partial charge in [-0.3, -0.25) is 23.8 Å². The van der Waals surface area contributed by atoms with Gasteiger partial charge >= 0.3 is 22.8 Å². The van der Waals surface area contributed by atoms with E-state index in [9.17, 15) is 43.0 Å². The van der Waals surface area contributed by atoms with Gasteiger partial charge in [0.1, 0.15) is 18.8 Å². The molecule has 1 aromatic heterocycles. The molecule has 294 valence electrons. The van der Waals surface area contributed by atoms with Gasteiger partial charge in [-0.05, 0) is 84.8 Å². The Morgan fingerprint density at radius 2 is 1.70 bits per heavy atom. The van der Waals surface area contributed by atoms with E-state index in [-0.39, 0.29) is 90.9 Å². The Kier molecular flexibility index (Phi) is 11.3. The van der Waals surface area contributed by atoms with Crippen molar-refractivity contribution in [3.8, 4) is 5.88 Å². The first-order chi connectivity index (χ1) is 25.6. The third-order valence-corrected chi connectivity index (χ3v) is 13.9. The summed E-state index contributed by atoms with van der Waals surface area (Å²) in [7, 11) is -4.27. The highest BCUT2D eigenvalue weighted by Crippen LogP contribution is 2.67. The summed E-state index contributed by atoms with van der Waals surface area (Å²) in [5.41, 5.74) is -1.91. The summed E-state index contributed by atoms with van der Waals surface area (Å²) in [5, 5.41) is 37.9. The van der Waals surface area contributed by atoms with Crippen LogP contribution >= 0.6 is 0 Å². The number of rotatable bonds is 15. The normalized spacial score (nSPS) is 30.4. The molecule has 7 atom stereocenters. The van der Waals surface area contributed by atoms with Crippen LogP contribution in [0.1, 0.15) is 71.6 Å². The molecule has 17 heteroatoms. The molecule has 0 spiro atoms. The highest BCUT2D eigenvalue weighted by Gasteiger charge is 2.68. The molecule has 0 bridgehead atoms. The molecule has 3 saturated carbocycles. The SMILES string of the molecule is C[C@]12CCC(=O)C=C1CCC1C2C(O)C[C@@]2(C)C1CC[C@]2(O)C(=O)COC(=O)CCC(=O)OCCOCCOc1no[n+]([O-])c1S(=O)(=O)c1ccccc1. The molecule has 4 aliphatic rings. The Morgan fingerprint density at radius 3 is 2.44 bits per heavy atom. The highest BCUT2D eigenvalue weighted by atomic mass is 32.2. The fourth-order valence-electron chi connectivity index (χ4n) is 9.52. The van der Waals surface area contributed by atoms with Gasteiger partial charge in [0, 0.05) is 11.8 Å². The van der Waals surface area contributed by atoms with Crippen LogP contribution < -0.4 is 9.64 Å². The van der Waals surface area contributed by atoms with Crippen LogP contribution in [0.3, 0.4) is 0 Å². The minimum absolute atomic E-state index is 0.0194. The number of aliphatic hydroxyl groups excluding tert-OH is 1. The number of hydrogen-bond donors (Lipinski definition) is 2. The van der Waals surface area contributed by atoms with Gasteiger partial charge in [-0.25, -0.2) is 8.42 Å². The molecule has 2 aromatic rings. The molecule has 1 aromatic carbocycles. The van der Waals surface area contributed by atoms with Gasteiger partial charge in [0.2, 0.25) is 5.78 Å². The first-order valence-corrected chi connectivity index (χ1v) is 19.7.